The number of fused-ring (bicyclic) bond motifs is 2. The molecule has 2 nitrogen and oxygen atoms in total. The van der Waals surface area contributed by atoms with Crippen molar-refractivity contribution in [3.63, 3.8) is 0 Å². The van der Waals surface area contributed by atoms with E-state index in [1.807, 2.05) is 0 Å². The molecular formula is C22H33NO. The van der Waals surface area contributed by atoms with Gasteiger partial charge in [-0.1, -0.05) is 44.5 Å². The molecule has 2 heterocycles. The highest BCUT2D eigenvalue weighted by Crippen LogP contribution is 2.57. The van der Waals surface area contributed by atoms with E-state index < -0.39 is 5.60 Å². The number of hydrogen-bond donors (Lipinski definition) is 1. The van der Waals surface area contributed by atoms with E-state index in [1.54, 1.807) is 11.1 Å². The standard InChI is InChI=1S/C22H33NO/c1-4-10-22(3,24)19-13-18-17-14-21(19)23(11-5-2)20(18)12-15-8-6-7-9-16(15)17/h6-9,17-21,24H,4-5,10-14H2,1-3H3. The van der Waals surface area contributed by atoms with Crippen molar-refractivity contribution in [3.8, 4) is 0 Å². The molecule has 2 saturated heterocycles. The van der Waals surface area contributed by atoms with Crippen LogP contribution in [-0.4, -0.2) is 34.2 Å². The summed E-state index contributed by atoms with van der Waals surface area (Å²) in [5, 5.41) is 11.2. The van der Waals surface area contributed by atoms with Gasteiger partial charge in [0.15, 0.2) is 0 Å². The van der Waals surface area contributed by atoms with Crippen LogP contribution in [0, 0.1) is 11.8 Å². The molecule has 4 aliphatic rings. The minimum Gasteiger partial charge on any atom is -0.390 e. The Labute approximate surface area is 147 Å². The smallest absolute Gasteiger partial charge is 0.0662 e. The fraction of sp³-hybridized carbons (Fsp3) is 0.727. The van der Waals surface area contributed by atoms with E-state index in [-0.39, 0.29) is 0 Å². The lowest BCUT2D eigenvalue weighted by molar-refractivity contribution is -0.140. The Balaban J connectivity index is 1.70. The summed E-state index contributed by atoms with van der Waals surface area (Å²) in [4.78, 5) is 2.80. The van der Waals surface area contributed by atoms with Crippen LogP contribution in [0.15, 0.2) is 24.3 Å². The number of rotatable bonds is 5. The quantitative estimate of drug-likeness (QED) is 0.868. The first-order chi connectivity index (χ1) is 11.6. The Hall–Kier alpha value is -0.860. The first-order valence-corrected chi connectivity index (χ1v) is 10.1. The Morgan fingerprint density at radius 2 is 1.92 bits per heavy atom. The maximum atomic E-state index is 11.2. The number of hydrogen-bond acceptors (Lipinski definition) is 2. The van der Waals surface area contributed by atoms with Gasteiger partial charge in [0, 0.05) is 18.0 Å². The minimum absolute atomic E-state index is 0.451. The van der Waals surface area contributed by atoms with E-state index in [2.05, 4.69) is 49.9 Å². The molecule has 0 radical (unpaired) electrons. The van der Waals surface area contributed by atoms with Crippen LogP contribution in [0.5, 0.6) is 0 Å². The van der Waals surface area contributed by atoms with Gasteiger partial charge in [-0.05, 0) is 68.5 Å². The molecule has 1 aromatic rings. The zero-order valence-corrected chi connectivity index (χ0v) is 15.5. The Morgan fingerprint density at radius 3 is 2.67 bits per heavy atom. The van der Waals surface area contributed by atoms with Gasteiger partial charge in [0.25, 0.3) is 0 Å². The summed E-state index contributed by atoms with van der Waals surface area (Å²) in [7, 11) is 0. The lowest BCUT2D eigenvalue weighted by Gasteiger charge is -2.63. The van der Waals surface area contributed by atoms with Crippen molar-refractivity contribution in [3.05, 3.63) is 35.4 Å². The molecule has 1 saturated carbocycles. The van der Waals surface area contributed by atoms with Crippen molar-refractivity contribution in [2.75, 3.05) is 6.54 Å². The van der Waals surface area contributed by atoms with Gasteiger partial charge in [-0.2, -0.15) is 0 Å². The highest BCUT2D eigenvalue weighted by Gasteiger charge is 2.57. The third-order valence-electron chi connectivity index (χ3n) is 7.27. The maximum Gasteiger partial charge on any atom is 0.0662 e. The molecule has 1 aromatic carbocycles. The van der Waals surface area contributed by atoms with Crippen molar-refractivity contribution < 1.29 is 5.11 Å². The second-order valence-corrected chi connectivity index (χ2v) is 8.73. The predicted octanol–water partition coefficient (Wildman–Crippen LogP) is 4.37. The third kappa shape index (κ3) is 2.45. The maximum absolute atomic E-state index is 11.2. The van der Waals surface area contributed by atoms with Gasteiger partial charge >= 0.3 is 0 Å². The van der Waals surface area contributed by atoms with E-state index in [9.17, 15) is 5.11 Å². The molecule has 6 unspecified atom stereocenters. The summed E-state index contributed by atoms with van der Waals surface area (Å²) < 4.78 is 0. The van der Waals surface area contributed by atoms with Gasteiger partial charge in [0.05, 0.1) is 5.60 Å². The van der Waals surface area contributed by atoms with Gasteiger partial charge in [-0.25, -0.2) is 0 Å². The monoisotopic (exact) mass is 327 g/mol. The molecule has 2 heteroatoms. The lowest BCUT2D eigenvalue weighted by Crippen LogP contribution is -2.67. The van der Waals surface area contributed by atoms with Crippen LogP contribution in [-0.2, 0) is 6.42 Å². The summed E-state index contributed by atoms with van der Waals surface area (Å²) in [6, 6.07) is 10.4. The first-order valence-electron chi connectivity index (χ1n) is 10.1. The van der Waals surface area contributed by atoms with Crippen LogP contribution >= 0.6 is 0 Å². The summed E-state index contributed by atoms with van der Waals surface area (Å²) in [5.41, 5.74) is 2.70. The van der Waals surface area contributed by atoms with Crippen molar-refractivity contribution in [2.45, 2.75) is 82.9 Å². The first kappa shape index (κ1) is 16.6. The molecule has 0 spiro atoms. The van der Waals surface area contributed by atoms with Gasteiger partial charge in [0.1, 0.15) is 0 Å². The van der Waals surface area contributed by atoms with Crippen LogP contribution in [0.4, 0.5) is 0 Å². The minimum atomic E-state index is -0.502. The number of nitrogens with zero attached hydrogens (tertiary/aromatic N) is 1. The van der Waals surface area contributed by atoms with Crippen LogP contribution in [0.1, 0.15) is 69.9 Å². The molecule has 2 aliphatic heterocycles. The predicted molar refractivity (Wildman–Crippen MR) is 99.2 cm³/mol. The summed E-state index contributed by atoms with van der Waals surface area (Å²) in [5.74, 6) is 1.92. The molecule has 5 rings (SSSR count). The molecule has 1 N–H and O–H groups in total. The normalized spacial score (nSPS) is 37.1. The average molecular weight is 328 g/mol. The fourth-order valence-electron chi connectivity index (χ4n) is 6.38. The van der Waals surface area contributed by atoms with Gasteiger partial charge in [-0.3, -0.25) is 4.90 Å². The highest BCUT2D eigenvalue weighted by molar-refractivity contribution is 5.37. The molecule has 0 aromatic heterocycles. The van der Waals surface area contributed by atoms with Crippen molar-refractivity contribution >= 4 is 0 Å². The summed E-state index contributed by atoms with van der Waals surface area (Å²) in [6.07, 6.45) is 6.92. The molecule has 6 atom stereocenters. The zero-order chi connectivity index (χ0) is 16.9. The van der Waals surface area contributed by atoms with Gasteiger partial charge in [0.2, 0.25) is 0 Å². The second-order valence-electron chi connectivity index (χ2n) is 8.73. The fourth-order valence-corrected chi connectivity index (χ4v) is 6.38. The van der Waals surface area contributed by atoms with E-state index in [4.69, 9.17) is 0 Å². The van der Waals surface area contributed by atoms with Gasteiger partial charge in [-0.15, -0.1) is 0 Å². The molecular weight excluding hydrogens is 294 g/mol. The van der Waals surface area contributed by atoms with Crippen molar-refractivity contribution in [1.82, 2.24) is 4.90 Å². The highest BCUT2D eigenvalue weighted by atomic mass is 16.3. The molecule has 132 valence electrons. The largest absolute Gasteiger partial charge is 0.390 e. The van der Waals surface area contributed by atoms with Crippen LogP contribution in [0.3, 0.4) is 0 Å². The molecule has 2 aliphatic carbocycles. The van der Waals surface area contributed by atoms with E-state index in [1.165, 1.54) is 32.2 Å². The van der Waals surface area contributed by atoms with E-state index in [0.29, 0.717) is 18.0 Å². The van der Waals surface area contributed by atoms with Gasteiger partial charge < -0.3 is 5.11 Å². The Bertz CT molecular complexity index is 595. The summed E-state index contributed by atoms with van der Waals surface area (Å²) in [6.45, 7) is 7.80. The Kier molecular flexibility index (Phi) is 4.25. The molecule has 3 fully saturated rings. The average Bonchev–Trinajstić information content (AvgIpc) is 2.57. The third-order valence-corrected chi connectivity index (χ3v) is 7.27. The topological polar surface area (TPSA) is 23.5 Å². The molecule has 24 heavy (non-hydrogen) atoms. The molecule has 4 bridgehead atoms. The van der Waals surface area contributed by atoms with Crippen LogP contribution < -0.4 is 0 Å². The van der Waals surface area contributed by atoms with E-state index >= 15 is 0 Å². The summed E-state index contributed by atoms with van der Waals surface area (Å²) >= 11 is 0. The van der Waals surface area contributed by atoms with Crippen LogP contribution in [0.25, 0.3) is 0 Å². The van der Waals surface area contributed by atoms with Crippen LogP contribution in [0.2, 0.25) is 0 Å². The number of piperidine rings is 2. The van der Waals surface area contributed by atoms with E-state index in [0.717, 1.165) is 24.7 Å². The Morgan fingerprint density at radius 1 is 1.12 bits per heavy atom. The molecule has 0 amide bonds. The zero-order valence-electron chi connectivity index (χ0n) is 15.5. The van der Waals surface area contributed by atoms with Crippen molar-refractivity contribution in [2.24, 2.45) is 11.8 Å². The number of aliphatic hydroxyl groups is 1. The second kappa shape index (κ2) is 6.14. The lowest BCUT2D eigenvalue weighted by atomic mass is 9.54. The SMILES string of the molecule is CCCN1C2Cc3ccccc3C3CC1C(C(C)(O)CCC)CC32. The number of benzene rings is 1. The van der Waals surface area contributed by atoms with Crippen molar-refractivity contribution in [1.29, 1.82) is 0 Å².